The van der Waals surface area contributed by atoms with Crippen molar-refractivity contribution in [2.75, 3.05) is 31.2 Å². The molecule has 3 aliphatic rings. The maximum Gasteiger partial charge on any atom is 0.184 e. The Bertz CT molecular complexity index is 1100. The predicted octanol–water partition coefficient (Wildman–Crippen LogP) is 5.26. The van der Waals surface area contributed by atoms with Crippen molar-refractivity contribution in [1.29, 1.82) is 0 Å². The topological polar surface area (TPSA) is 45.2 Å². The highest BCUT2D eigenvalue weighted by atomic mass is 16.7. The Labute approximate surface area is 216 Å². The van der Waals surface area contributed by atoms with Gasteiger partial charge in [-0.15, -0.1) is 0 Å². The van der Waals surface area contributed by atoms with Crippen LogP contribution in [0.2, 0.25) is 0 Å². The molecule has 1 saturated heterocycles. The molecule has 1 spiro atoms. The lowest BCUT2D eigenvalue weighted by molar-refractivity contribution is -0.139. The van der Waals surface area contributed by atoms with Crippen LogP contribution in [0.3, 0.4) is 0 Å². The van der Waals surface area contributed by atoms with Gasteiger partial charge < -0.3 is 19.5 Å². The van der Waals surface area contributed by atoms with Gasteiger partial charge in [0.2, 0.25) is 0 Å². The van der Waals surface area contributed by atoms with E-state index in [0.717, 1.165) is 37.2 Å². The van der Waals surface area contributed by atoms with Crippen LogP contribution in [0.25, 0.3) is 0 Å². The minimum atomic E-state index is -1.40. The average Bonchev–Trinajstić information content (AvgIpc) is 3.40. The zero-order valence-corrected chi connectivity index (χ0v) is 21.9. The molecule has 0 radical (unpaired) electrons. The first-order valence-corrected chi connectivity index (χ1v) is 13.5. The highest BCUT2D eigenvalue weighted by Crippen LogP contribution is 2.61. The van der Waals surface area contributed by atoms with E-state index in [1.165, 1.54) is 5.56 Å². The fourth-order valence-corrected chi connectivity index (χ4v) is 6.80. The van der Waals surface area contributed by atoms with E-state index < -0.39 is 17.4 Å². The third-order valence-electron chi connectivity index (χ3n) is 8.49. The monoisotopic (exact) mass is 488 g/mol. The van der Waals surface area contributed by atoms with Gasteiger partial charge in [0.1, 0.15) is 0 Å². The number of ether oxygens (including phenoxy) is 2. The summed E-state index contributed by atoms with van der Waals surface area (Å²) in [5, 5.41) is 13.2. The molecule has 192 valence electrons. The van der Waals surface area contributed by atoms with Crippen molar-refractivity contribution in [3.8, 4) is 0 Å². The summed E-state index contributed by atoms with van der Waals surface area (Å²) in [4.78, 5) is 4.72. The number of hydrogen-bond acceptors (Lipinski definition) is 5. The number of aliphatic hydroxyl groups is 1. The molecule has 2 aromatic carbocycles. The van der Waals surface area contributed by atoms with Crippen molar-refractivity contribution >= 4 is 5.69 Å². The van der Waals surface area contributed by atoms with Gasteiger partial charge in [0, 0.05) is 43.6 Å². The van der Waals surface area contributed by atoms with E-state index in [0.29, 0.717) is 31.2 Å². The number of nitrogens with zero attached hydrogens (tertiary/aromatic N) is 2. The number of benzene rings is 2. The maximum atomic E-state index is 13.2. The summed E-state index contributed by atoms with van der Waals surface area (Å²) in [6.07, 6.45) is 5.97. The Morgan fingerprint density at radius 1 is 1.03 bits per heavy atom. The number of para-hydroxylation sites is 1. The lowest BCUT2D eigenvalue weighted by Gasteiger charge is -2.51. The van der Waals surface area contributed by atoms with Crippen molar-refractivity contribution < 1.29 is 14.6 Å². The van der Waals surface area contributed by atoms with Crippen LogP contribution in [0, 0.1) is 5.92 Å². The quantitative estimate of drug-likeness (QED) is 0.385. The van der Waals surface area contributed by atoms with E-state index in [-0.39, 0.29) is 6.04 Å². The van der Waals surface area contributed by atoms with Gasteiger partial charge >= 0.3 is 0 Å². The molecular formula is C31H40N2O3. The molecular weight excluding hydrogens is 448 g/mol. The molecule has 1 fully saturated rings. The summed E-state index contributed by atoms with van der Waals surface area (Å²) >= 11 is 0. The molecule has 5 rings (SSSR count). The minimum absolute atomic E-state index is 0.0628. The van der Waals surface area contributed by atoms with Crippen molar-refractivity contribution in [3.63, 3.8) is 0 Å². The molecule has 4 atom stereocenters. The summed E-state index contributed by atoms with van der Waals surface area (Å²) in [5.41, 5.74) is 1.97. The molecule has 0 aromatic heterocycles. The number of rotatable bonds is 9. The Kier molecular flexibility index (Phi) is 7.10. The summed E-state index contributed by atoms with van der Waals surface area (Å²) in [5.74, 6) is 0.546. The van der Waals surface area contributed by atoms with Crippen molar-refractivity contribution in [2.45, 2.75) is 63.6 Å². The standard InChI is InChI=1S/C31H40N2O3/c1-5-24-17-18-28-30(19-20-32(28)21-24)26-15-11-12-16-27(26)33(22-25-13-9-8-10-14-25)31(30,34)23(4)29(35-6-2)36-7-3/h8-18,24,28-29,34H,4-7,19-22H2,1-3H3/t24-,28?,30-,31?/m1/s1. The summed E-state index contributed by atoms with van der Waals surface area (Å²) in [6, 6.07) is 18.9. The van der Waals surface area contributed by atoms with Crippen LogP contribution in [0.5, 0.6) is 0 Å². The SMILES string of the molecule is C=C(C(OCC)OCC)C1(O)N(Cc2ccccc2)c2ccccc2[C@@]12CCN1C[C@H](CC)C=CC12. The van der Waals surface area contributed by atoms with E-state index >= 15 is 0 Å². The molecule has 36 heavy (non-hydrogen) atoms. The van der Waals surface area contributed by atoms with Gasteiger partial charge in [-0.3, -0.25) is 4.90 Å². The van der Waals surface area contributed by atoms with Crippen LogP contribution in [0.4, 0.5) is 5.69 Å². The summed E-state index contributed by atoms with van der Waals surface area (Å²) < 4.78 is 12.1. The molecule has 3 aliphatic heterocycles. The van der Waals surface area contributed by atoms with Crippen LogP contribution in [0.1, 0.15) is 44.7 Å². The van der Waals surface area contributed by atoms with E-state index in [1.54, 1.807) is 0 Å². The second-order valence-electron chi connectivity index (χ2n) is 10.2. The largest absolute Gasteiger partial charge is 0.366 e. The van der Waals surface area contributed by atoms with Crippen LogP contribution < -0.4 is 4.90 Å². The van der Waals surface area contributed by atoms with Crippen LogP contribution in [0.15, 0.2) is 78.9 Å². The van der Waals surface area contributed by atoms with E-state index in [1.807, 2.05) is 19.9 Å². The van der Waals surface area contributed by atoms with Gasteiger partial charge in [0.15, 0.2) is 12.0 Å². The Hall–Kier alpha value is -2.44. The third kappa shape index (κ3) is 3.76. The number of hydrogen-bond donors (Lipinski definition) is 1. The zero-order chi connectivity index (χ0) is 25.3. The van der Waals surface area contributed by atoms with Crippen molar-refractivity contribution in [2.24, 2.45) is 5.92 Å². The smallest absolute Gasteiger partial charge is 0.184 e. The number of fused-ring (bicyclic) bond motifs is 4. The molecule has 3 heterocycles. The minimum Gasteiger partial charge on any atom is -0.366 e. The molecule has 0 amide bonds. The molecule has 2 aromatic rings. The molecule has 0 bridgehead atoms. The van der Waals surface area contributed by atoms with E-state index in [2.05, 4.69) is 84.0 Å². The Morgan fingerprint density at radius 2 is 1.72 bits per heavy atom. The third-order valence-corrected chi connectivity index (χ3v) is 8.49. The van der Waals surface area contributed by atoms with Gasteiger partial charge in [-0.25, -0.2) is 0 Å². The predicted molar refractivity (Wildman–Crippen MR) is 145 cm³/mol. The number of anilines is 1. The molecule has 5 heteroatoms. The molecule has 1 N–H and O–H groups in total. The summed E-state index contributed by atoms with van der Waals surface area (Å²) in [7, 11) is 0. The average molecular weight is 489 g/mol. The Balaban J connectivity index is 1.70. The fourth-order valence-electron chi connectivity index (χ4n) is 6.80. The van der Waals surface area contributed by atoms with Crippen molar-refractivity contribution in [1.82, 2.24) is 4.90 Å². The van der Waals surface area contributed by atoms with Crippen molar-refractivity contribution in [3.05, 3.63) is 90.0 Å². The Morgan fingerprint density at radius 3 is 2.42 bits per heavy atom. The first-order chi connectivity index (χ1) is 17.5. The van der Waals surface area contributed by atoms with Gasteiger partial charge in [-0.05, 0) is 56.3 Å². The van der Waals surface area contributed by atoms with Gasteiger partial charge in [-0.2, -0.15) is 0 Å². The van der Waals surface area contributed by atoms with Crippen LogP contribution >= 0.6 is 0 Å². The highest BCUT2D eigenvalue weighted by molar-refractivity contribution is 5.71. The molecule has 5 nitrogen and oxygen atoms in total. The van der Waals surface area contributed by atoms with Gasteiger partial charge in [0.05, 0.1) is 5.41 Å². The summed E-state index contributed by atoms with van der Waals surface area (Å²) in [6.45, 7) is 14.2. The second-order valence-corrected chi connectivity index (χ2v) is 10.2. The maximum absolute atomic E-state index is 13.2. The van der Waals surface area contributed by atoms with Crippen LogP contribution in [-0.4, -0.2) is 54.4 Å². The molecule has 0 saturated carbocycles. The second kappa shape index (κ2) is 10.1. The van der Waals surface area contributed by atoms with E-state index in [9.17, 15) is 5.11 Å². The lowest BCUT2D eigenvalue weighted by Crippen LogP contribution is -2.65. The molecule has 0 aliphatic carbocycles. The van der Waals surface area contributed by atoms with E-state index in [4.69, 9.17) is 9.47 Å². The van der Waals surface area contributed by atoms with Crippen LogP contribution in [-0.2, 0) is 21.4 Å². The van der Waals surface area contributed by atoms with Gasteiger partial charge in [-0.1, -0.05) is 74.2 Å². The highest BCUT2D eigenvalue weighted by Gasteiger charge is 2.69. The fraction of sp³-hybridized carbons (Fsp3) is 0.484. The normalized spacial score (nSPS) is 29.2. The lowest BCUT2D eigenvalue weighted by atomic mass is 9.65. The first kappa shape index (κ1) is 25.2. The zero-order valence-electron chi connectivity index (χ0n) is 21.9. The molecule has 2 unspecified atom stereocenters. The van der Waals surface area contributed by atoms with Gasteiger partial charge in [0.25, 0.3) is 0 Å². The first-order valence-electron chi connectivity index (χ1n) is 13.5.